The topological polar surface area (TPSA) is 38.3 Å². The van der Waals surface area contributed by atoms with Crippen molar-refractivity contribution in [1.29, 1.82) is 0 Å². The normalized spacial score (nSPS) is 11.4. The minimum atomic E-state index is -3.05. The van der Waals surface area contributed by atoms with E-state index in [-0.39, 0.29) is 29.2 Å². The van der Waals surface area contributed by atoms with E-state index in [4.69, 9.17) is 4.74 Å². The van der Waals surface area contributed by atoms with Crippen LogP contribution in [0.3, 0.4) is 0 Å². The lowest BCUT2D eigenvalue weighted by Gasteiger charge is -2.18. The van der Waals surface area contributed by atoms with E-state index >= 15 is 0 Å². The molecule has 1 aromatic rings. The van der Waals surface area contributed by atoms with E-state index in [2.05, 4.69) is 5.32 Å². The molecule has 0 heterocycles. The average Bonchev–Trinajstić information content (AvgIpc) is 2.27. The van der Waals surface area contributed by atoms with E-state index in [1.165, 1.54) is 13.2 Å². The summed E-state index contributed by atoms with van der Waals surface area (Å²) in [4.78, 5) is 11.9. The zero-order valence-corrected chi connectivity index (χ0v) is 10.9. The molecule has 0 saturated carbocycles. The van der Waals surface area contributed by atoms with Gasteiger partial charge in [0, 0.05) is 6.92 Å². The van der Waals surface area contributed by atoms with Gasteiger partial charge in [0.25, 0.3) is 5.92 Å². The van der Waals surface area contributed by atoms with Crippen LogP contribution in [0.1, 0.15) is 28.4 Å². The Morgan fingerprint density at radius 2 is 2.06 bits per heavy atom. The number of likely N-dealkylation sites (N-methyl/N-ethyl adjacent to an activating group) is 1. The second-order valence-corrected chi connectivity index (χ2v) is 4.24. The molecule has 1 rings (SSSR count). The summed E-state index contributed by atoms with van der Waals surface area (Å²) in [7, 11) is 2.91. The summed E-state index contributed by atoms with van der Waals surface area (Å²) >= 11 is 0. The first-order valence-electron chi connectivity index (χ1n) is 5.56. The SMILES string of the molecule is CNCC(=O)c1cc(C)cc(C(C)(F)F)c1OC. The smallest absolute Gasteiger partial charge is 0.274 e. The van der Waals surface area contributed by atoms with Gasteiger partial charge in [0.2, 0.25) is 0 Å². The van der Waals surface area contributed by atoms with Crippen molar-refractivity contribution in [2.75, 3.05) is 20.7 Å². The predicted octanol–water partition coefficient (Wildman–Crippen LogP) is 2.52. The molecule has 0 aliphatic rings. The van der Waals surface area contributed by atoms with E-state index < -0.39 is 5.92 Å². The van der Waals surface area contributed by atoms with Gasteiger partial charge in [-0.1, -0.05) is 0 Å². The number of alkyl halides is 2. The largest absolute Gasteiger partial charge is 0.495 e. The molecule has 0 amide bonds. The molecule has 0 aliphatic heterocycles. The third-order valence-electron chi connectivity index (χ3n) is 2.55. The first-order valence-corrected chi connectivity index (χ1v) is 5.56. The first kappa shape index (κ1) is 14.6. The van der Waals surface area contributed by atoms with Crippen LogP contribution in [-0.4, -0.2) is 26.5 Å². The molecule has 0 atom stereocenters. The third-order valence-corrected chi connectivity index (χ3v) is 2.55. The van der Waals surface area contributed by atoms with E-state index in [0.717, 1.165) is 6.92 Å². The summed E-state index contributed by atoms with van der Waals surface area (Å²) in [6.07, 6.45) is 0. The summed E-state index contributed by atoms with van der Waals surface area (Å²) in [6, 6.07) is 2.91. The predicted molar refractivity (Wildman–Crippen MR) is 65.6 cm³/mol. The highest BCUT2D eigenvalue weighted by Gasteiger charge is 2.31. The monoisotopic (exact) mass is 257 g/mol. The molecule has 100 valence electrons. The minimum absolute atomic E-state index is 0.0478. The molecule has 0 spiro atoms. The number of Topliss-reactive ketones (excluding diaryl/α,β-unsaturated/α-hetero) is 1. The van der Waals surface area contributed by atoms with Crippen molar-refractivity contribution in [2.24, 2.45) is 0 Å². The highest BCUT2D eigenvalue weighted by molar-refractivity contribution is 6.00. The van der Waals surface area contributed by atoms with Gasteiger partial charge in [-0.2, -0.15) is 0 Å². The number of hydrogen-bond donors (Lipinski definition) is 1. The van der Waals surface area contributed by atoms with Gasteiger partial charge in [-0.05, 0) is 31.7 Å². The number of carbonyl (C=O) groups is 1. The van der Waals surface area contributed by atoms with Crippen molar-refractivity contribution >= 4 is 5.78 Å². The molecule has 0 saturated heterocycles. The van der Waals surface area contributed by atoms with Crippen LogP contribution in [0.5, 0.6) is 5.75 Å². The summed E-state index contributed by atoms with van der Waals surface area (Å²) in [5.74, 6) is -3.37. The second kappa shape index (κ2) is 5.44. The Bertz CT molecular complexity index is 453. The minimum Gasteiger partial charge on any atom is -0.495 e. The number of aryl methyl sites for hydroxylation is 1. The number of rotatable bonds is 5. The molecule has 0 radical (unpaired) electrons. The molecular weight excluding hydrogens is 240 g/mol. The first-order chi connectivity index (χ1) is 8.31. The molecule has 0 bridgehead atoms. The van der Waals surface area contributed by atoms with Crippen molar-refractivity contribution in [3.8, 4) is 5.75 Å². The molecular formula is C13H17F2NO2. The number of ketones is 1. The average molecular weight is 257 g/mol. The summed E-state index contributed by atoms with van der Waals surface area (Å²) in [5.41, 5.74) is 0.527. The number of benzene rings is 1. The van der Waals surface area contributed by atoms with Gasteiger partial charge in [0.05, 0.1) is 24.8 Å². The summed E-state index contributed by atoms with van der Waals surface area (Å²) in [6.45, 7) is 2.54. The maximum atomic E-state index is 13.5. The van der Waals surface area contributed by atoms with Crippen LogP contribution >= 0.6 is 0 Å². The Morgan fingerprint density at radius 3 is 2.50 bits per heavy atom. The van der Waals surface area contributed by atoms with Crippen LogP contribution in [0.4, 0.5) is 8.78 Å². The lowest BCUT2D eigenvalue weighted by molar-refractivity contribution is 0.0149. The Kier molecular flexibility index (Phi) is 4.40. The molecule has 18 heavy (non-hydrogen) atoms. The fourth-order valence-corrected chi connectivity index (χ4v) is 1.78. The summed E-state index contributed by atoms with van der Waals surface area (Å²) in [5, 5.41) is 2.70. The van der Waals surface area contributed by atoms with Crippen LogP contribution < -0.4 is 10.1 Å². The van der Waals surface area contributed by atoms with Crippen molar-refractivity contribution < 1.29 is 18.3 Å². The molecule has 0 unspecified atom stereocenters. The summed E-state index contributed by atoms with van der Waals surface area (Å²) < 4.78 is 32.0. The molecule has 1 N–H and O–H groups in total. The molecule has 0 fully saturated rings. The quantitative estimate of drug-likeness (QED) is 0.824. The fraction of sp³-hybridized carbons (Fsp3) is 0.462. The Morgan fingerprint density at radius 1 is 1.44 bits per heavy atom. The number of carbonyl (C=O) groups excluding carboxylic acids is 1. The number of methoxy groups -OCH3 is 1. The zero-order chi connectivity index (χ0) is 13.9. The maximum Gasteiger partial charge on any atom is 0.274 e. The van der Waals surface area contributed by atoms with Gasteiger partial charge in [0.15, 0.2) is 5.78 Å². The standard InChI is InChI=1S/C13H17F2NO2/c1-8-5-9(11(17)7-16-3)12(18-4)10(6-8)13(2,14)15/h5-6,16H,7H2,1-4H3. The second-order valence-electron chi connectivity index (χ2n) is 4.24. The van der Waals surface area contributed by atoms with Crippen LogP contribution in [0.2, 0.25) is 0 Å². The van der Waals surface area contributed by atoms with Crippen molar-refractivity contribution in [2.45, 2.75) is 19.8 Å². The van der Waals surface area contributed by atoms with E-state index in [0.29, 0.717) is 5.56 Å². The van der Waals surface area contributed by atoms with Crippen LogP contribution in [0, 0.1) is 6.92 Å². The lowest BCUT2D eigenvalue weighted by atomic mass is 9.98. The number of hydrogen-bond acceptors (Lipinski definition) is 3. The molecule has 0 aromatic heterocycles. The fourth-order valence-electron chi connectivity index (χ4n) is 1.78. The molecule has 1 aromatic carbocycles. The Balaban J connectivity index is 3.43. The third kappa shape index (κ3) is 3.04. The van der Waals surface area contributed by atoms with Gasteiger partial charge in [-0.15, -0.1) is 0 Å². The Labute approximate surface area is 105 Å². The van der Waals surface area contributed by atoms with E-state index in [1.54, 1.807) is 20.0 Å². The van der Waals surface area contributed by atoms with Gasteiger partial charge < -0.3 is 10.1 Å². The molecule has 0 aliphatic carbocycles. The van der Waals surface area contributed by atoms with E-state index in [1.807, 2.05) is 0 Å². The maximum absolute atomic E-state index is 13.5. The van der Waals surface area contributed by atoms with Crippen molar-refractivity contribution in [3.05, 3.63) is 28.8 Å². The van der Waals surface area contributed by atoms with Crippen LogP contribution in [0.25, 0.3) is 0 Å². The van der Waals surface area contributed by atoms with Crippen molar-refractivity contribution in [1.82, 2.24) is 5.32 Å². The highest BCUT2D eigenvalue weighted by Crippen LogP contribution is 2.37. The number of nitrogens with one attached hydrogen (secondary N) is 1. The van der Waals surface area contributed by atoms with Gasteiger partial charge in [-0.25, -0.2) is 8.78 Å². The van der Waals surface area contributed by atoms with Gasteiger partial charge >= 0.3 is 0 Å². The highest BCUT2D eigenvalue weighted by atomic mass is 19.3. The van der Waals surface area contributed by atoms with Crippen LogP contribution in [-0.2, 0) is 5.92 Å². The van der Waals surface area contributed by atoms with Crippen molar-refractivity contribution in [3.63, 3.8) is 0 Å². The molecule has 5 heteroatoms. The zero-order valence-electron chi connectivity index (χ0n) is 10.9. The lowest BCUT2D eigenvalue weighted by Crippen LogP contribution is -2.21. The van der Waals surface area contributed by atoms with Gasteiger partial charge in [-0.3, -0.25) is 4.79 Å². The van der Waals surface area contributed by atoms with Gasteiger partial charge in [0.1, 0.15) is 5.75 Å². The molecule has 3 nitrogen and oxygen atoms in total. The van der Waals surface area contributed by atoms with E-state index in [9.17, 15) is 13.6 Å². The van der Waals surface area contributed by atoms with Crippen LogP contribution in [0.15, 0.2) is 12.1 Å². The number of halogens is 2. The Hall–Kier alpha value is -1.49. The number of ether oxygens (including phenoxy) is 1.